The van der Waals surface area contributed by atoms with E-state index < -0.39 is 16.1 Å². The average molecular weight is 391 g/mol. The van der Waals surface area contributed by atoms with Crippen molar-refractivity contribution in [2.45, 2.75) is 44.7 Å². The molecule has 1 N–H and O–H groups in total. The number of aromatic nitrogens is 3. The summed E-state index contributed by atoms with van der Waals surface area (Å²) in [6.07, 6.45) is 3.65. The van der Waals surface area contributed by atoms with Gasteiger partial charge in [0.1, 0.15) is 4.90 Å². The van der Waals surface area contributed by atoms with Gasteiger partial charge in [-0.25, -0.2) is 13.1 Å². The smallest absolute Gasteiger partial charge is 0.244 e. The standard InChI is InChI=1S/C18H22N4O2S2/c1-4-22-14(3)17(11-20-22)26(23,24)21-16(10-15-7-9-25-12-15)18-13(2)6-5-8-19-18/h5-9,11-12,16,21H,4,10H2,1-3H3. The van der Waals surface area contributed by atoms with Crippen LogP contribution in [-0.2, 0) is 23.0 Å². The molecule has 26 heavy (non-hydrogen) atoms. The van der Waals surface area contributed by atoms with Gasteiger partial charge < -0.3 is 0 Å². The Morgan fingerprint density at radius 1 is 1.31 bits per heavy atom. The maximum absolute atomic E-state index is 13.0. The van der Waals surface area contributed by atoms with Gasteiger partial charge in [-0.15, -0.1) is 0 Å². The van der Waals surface area contributed by atoms with Gasteiger partial charge in [0.25, 0.3) is 0 Å². The molecule has 0 amide bonds. The van der Waals surface area contributed by atoms with Gasteiger partial charge in [0, 0.05) is 12.7 Å². The molecule has 0 spiro atoms. The van der Waals surface area contributed by atoms with Crippen molar-refractivity contribution in [3.8, 4) is 0 Å². The first-order valence-electron chi connectivity index (χ1n) is 8.39. The van der Waals surface area contributed by atoms with E-state index in [1.54, 1.807) is 29.1 Å². The molecule has 0 aliphatic heterocycles. The molecule has 3 heterocycles. The number of sulfonamides is 1. The van der Waals surface area contributed by atoms with Crippen molar-refractivity contribution in [3.05, 3.63) is 63.9 Å². The lowest BCUT2D eigenvalue weighted by Crippen LogP contribution is -2.31. The van der Waals surface area contributed by atoms with E-state index in [1.807, 2.05) is 42.8 Å². The number of rotatable bonds is 7. The van der Waals surface area contributed by atoms with Crippen molar-refractivity contribution < 1.29 is 8.42 Å². The maximum atomic E-state index is 13.0. The molecular formula is C18H22N4O2S2. The molecule has 3 rings (SSSR count). The van der Waals surface area contributed by atoms with Crippen LogP contribution in [0.4, 0.5) is 0 Å². The Balaban J connectivity index is 1.96. The van der Waals surface area contributed by atoms with Crippen molar-refractivity contribution in [1.29, 1.82) is 0 Å². The zero-order valence-corrected chi connectivity index (χ0v) is 16.6. The summed E-state index contributed by atoms with van der Waals surface area (Å²) in [7, 11) is -3.72. The molecule has 0 aliphatic rings. The molecule has 138 valence electrons. The number of hydrogen-bond donors (Lipinski definition) is 1. The SMILES string of the molecule is CCn1ncc(S(=O)(=O)NC(Cc2ccsc2)c2ncccc2C)c1C. The van der Waals surface area contributed by atoms with E-state index in [2.05, 4.69) is 14.8 Å². The highest BCUT2D eigenvalue weighted by Gasteiger charge is 2.27. The number of nitrogens with zero attached hydrogens (tertiary/aromatic N) is 3. The van der Waals surface area contributed by atoms with Crippen LogP contribution in [0.25, 0.3) is 0 Å². The van der Waals surface area contributed by atoms with Gasteiger partial charge in [0.2, 0.25) is 10.0 Å². The maximum Gasteiger partial charge on any atom is 0.244 e. The van der Waals surface area contributed by atoms with Crippen LogP contribution in [0.5, 0.6) is 0 Å². The highest BCUT2D eigenvalue weighted by molar-refractivity contribution is 7.89. The molecule has 8 heteroatoms. The fraction of sp³-hybridized carbons (Fsp3) is 0.333. The fourth-order valence-corrected chi connectivity index (χ4v) is 5.02. The monoisotopic (exact) mass is 390 g/mol. The lowest BCUT2D eigenvalue weighted by atomic mass is 10.0. The van der Waals surface area contributed by atoms with Crippen LogP contribution >= 0.6 is 11.3 Å². The Kier molecular flexibility index (Phi) is 5.55. The quantitative estimate of drug-likeness (QED) is 0.672. The minimum absolute atomic E-state index is 0.211. The van der Waals surface area contributed by atoms with Crippen LogP contribution in [0.2, 0.25) is 0 Å². The highest BCUT2D eigenvalue weighted by atomic mass is 32.2. The number of aryl methyl sites for hydroxylation is 2. The van der Waals surface area contributed by atoms with Gasteiger partial charge in [-0.3, -0.25) is 9.67 Å². The van der Waals surface area contributed by atoms with E-state index >= 15 is 0 Å². The molecule has 0 radical (unpaired) electrons. The van der Waals surface area contributed by atoms with Crippen molar-refractivity contribution in [2.24, 2.45) is 0 Å². The third-order valence-electron chi connectivity index (χ3n) is 4.34. The first-order chi connectivity index (χ1) is 12.4. The highest BCUT2D eigenvalue weighted by Crippen LogP contribution is 2.24. The van der Waals surface area contributed by atoms with Crippen molar-refractivity contribution in [2.75, 3.05) is 0 Å². The number of nitrogens with one attached hydrogen (secondary N) is 1. The van der Waals surface area contributed by atoms with Gasteiger partial charge in [0.15, 0.2) is 0 Å². The number of pyridine rings is 1. The molecule has 0 saturated heterocycles. The topological polar surface area (TPSA) is 76.9 Å². The molecule has 0 aromatic carbocycles. The molecule has 1 unspecified atom stereocenters. The minimum Gasteiger partial charge on any atom is -0.269 e. The molecule has 0 saturated carbocycles. The molecule has 6 nitrogen and oxygen atoms in total. The second kappa shape index (κ2) is 7.69. The Labute approximate surface area is 158 Å². The summed E-state index contributed by atoms with van der Waals surface area (Å²) in [6.45, 7) is 6.27. The molecular weight excluding hydrogens is 368 g/mol. The van der Waals surface area contributed by atoms with Crippen LogP contribution in [0, 0.1) is 13.8 Å². The van der Waals surface area contributed by atoms with Crippen molar-refractivity contribution in [3.63, 3.8) is 0 Å². The molecule has 0 bridgehead atoms. The fourth-order valence-electron chi connectivity index (χ4n) is 2.96. The van der Waals surface area contributed by atoms with E-state index in [4.69, 9.17) is 0 Å². The molecule has 3 aromatic rings. The first-order valence-corrected chi connectivity index (χ1v) is 10.8. The summed E-state index contributed by atoms with van der Waals surface area (Å²) in [4.78, 5) is 4.65. The summed E-state index contributed by atoms with van der Waals surface area (Å²) in [5, 5.41) is 8.17. The molecule has 1 atom stereocenters. The Morgan fingerprint density at radius 2 is 2.12 bits per heavy atom. The zero-order valence-electron chi connectivity index (χ0n) is 15.0. The number of thiophene rings is 1. The van der Waals surface area contributed by atoms with Crippen LogP contribution < -0.4 is 4.72 Å². The van der Waals surface area contributed by atoms with Gasteiger partial charge in [-0.05, 0) is 61.2 Å². The second-order valence-corrected chi connectivity index (χ2v) is 8.59. The number of hydrogen-bond acceptors (Lipinski definition) is 5. The summed E-state index contributed by atoms with van der Waals surface area (Å²) in [6, 6.07) is 5.35. The van der Waals surface area contributed by atoms with Crippen LogP contribution in [0.1, 0.15) is 35.5 Å². The van der Waals surface area contributed by atoms with E-state index in [1.165, 1.54) is 6.20 Å². The summed E-state index contributed by atoms with van der Waals surface area (Å²) in [5.41, 5.74) is 3.40. The van der Waals surface area contributed by atoms with Gasteiger partial charge in [-0.2, -0.15) is 16.4 Å². The van der Waals surface area contributed by atoms with Crippen molar-refractivity contribution in [1.82, 2.24) is 19.5 Å². The van der Waals surface area contributed by atoms with Crippen LogP contribution in [0.15, 0.2) is 46.2 Å². The summed E-state index contributed by atoms with van der Waals surface area (Å²) in [5.74, 6) is 0. The molecule has 0 aliphatic carbocycles. The summed E-state index contributed by atoms with van der Waals surface area (Å²) < 4.78 is 30.6. The lowest BCUT2D eigenvalue weighted by Gasteiger charge is -2.19. The average Bonchev–Trinajstić information content (AvgIpc) is 3.24. The van der Waals surface area contributed by atoms with Crippen LogP contribution in [-0.4, -0.2) is 23.2 Å². The van der Waals surface area contributed by atoms with Gasteiger partial charge >= 0.3 is 0 Å². The largest absolute Gasteiger partial charge is 0.269 e. The Bertz CT molecular complexity index is 979. The van der Waals surface area contributed by atoms with Gasteiger partial charge in [-0.1, -0.05) is 6.07 Å². The third-order valence-corrected chi connectivity index (χ3v) is 6.65. The van der Waals surface area contributed by atoms with Crippen LogP contribution in [0.3, 0.4) is 0 Å². The van der Waals surface area contributed by atoms with E-state index in [-0.39, 0.29) is 4.90 Å². The Morgan fingerprint density at radius 3 is 2.73 bits per heavy atom. The molecule has 0 fully saturated rings. The third kappa shape index (κ3) is 3.87. The van der Waals surface area contributed by atoms with E-state index in [0.717, 1.165) is 16.8 Å². The minimum atomic E-state index is -3.72. The zero-order chi connectivity index (χ0) is 18.7. The normalized spacial score (nSPS) is 13.0. The lowest BCUT2D eigenvalue weighted by molar-refractivity contribution is 0.547. The first kappa shape index (κ1) is 18.8. The summed E-state index contributed by atoms with van der Waals surface area (Å²) >= 11 is 1.59. The van der Waals surface area contributed by atoms with Gasteiger partial charge in [0.05, 0.1) is 23.6 Å². The van der Waals surface area contributed by atoms with Crippen molar-refractivity contribution >= 4 is 21.4 Å². The molecule has 3 aromatic heterocycles. The van der Waals surface area contributed by atoms with E-state index in [9.17, 15) is 8.42 Å². The second-order valence-electron chi connectivity index (χ2n) is 6.13. The van der Waals surface area contributed by atoms with E-state index in [0.29, 0.717) is 18.7 Å². The Hall–Kier alpha value is -2.03. The predicted molar refractivity (Wildman–Crippen MR) is 103 cm³/mol. The predicted octanol–water partition coefficient (Wildman–Crippen LogP) is 3.24.